The van der Waals surface area contributed by atoms with Crippen molar-refractivity contribution in [2.45, 2.75) is 6.04 Å². The predicted octanol–water partition coefficient (Wildman–Crippen LogP) is 1.62. The van der Waals surface area contributed by atoms with Gasteiger partial charge in [0.05, 0.1) is 0 Å². The van der Waals surface area contributed by atoms with Gasteiger partial charge in [0.2, 0.25) is 0 Å². The first-order chi connectivity index (χ1) is 7.75. The van der Waals surface area contributed by atoms with Crippen molar-refractivity contribution in [3.63, 3.8) is 0 Å². The zero-order chi connectivity index (χ0) is 11.4. The van der Waals surface area contributed by atoms with Crippen LogP contribution in [0.25, 0.3) is 0 Å². The van der Waals surface area contributed by atoms with E-state index in [1.54, 1.807) is 0 Å². The van der Waals surface area contributed by atoms with Gasteiger partial charge in [0, 0.05) is 30.7 Å². The Hall–Kier alpha value is -0.770. The molecule has 0 radical (unpaired) electrons. The highest BCUT2D eigenvalue weighted by Gasteiger charge is 2.20. The van der Waals surface area contributed by atoms with E-state index in [9.17, 15) is 0 Å². The van der Waals surface area contributed by atoms with Gasteiger partial charge in [0.15, 0.2) is 0 Å². The molecule has 0 saturated carbocycles. The fraction of sp³-hybridized carbons (Fsp3) is 0.500. The lowest BCUT2D eigenvalue weighted by Gasteiger charge is -2.35. The summed E-state index contributed by atoms with van der Waals surface area (Å²) in [5.41, 5.74) is 0. The van der Waals surface area contributed by atoms with Crippen LogP contribution in [0.5, 0.6) is 5.75 Å². The summed E-state index contributed by atoms with van der Waals surface area (Å²) < 4.78 is 5.63. The van der Waals surface area contributed by atoms with Crippen LogP contribution >= 0.6 is 11.6 Å². The van der Waals surface area contributed by atoms with Gasteiger partial charge in [-0.25, -0.2) is 0 Å². The van der Waals surface area contributed by atoms with E-state index >= 15 is 0 Å². The summed E-state index contributed by atoms with van der Waals surface area (Å²) in [5, 5.41) is 3.97. The van der Waals surface area contributed by atoms with Gasteiger partial charge in [0.25, 0.3) is 0 Å². The molecule has 16 heavy (non-hydrogen) atoms. The SMILES string of the molecule is CN(CCOc1cccc(Cl)c1)C1CNC1. The minimum Gasteiger partial charge on any atom is -0.492 e. The third kappa shape index (κ3) is 3.11. The van der Waals surface area contributed by atoms with Crippen LogP contribution < -0.4 is 10.1 Å². The second-order valence-corrected chi connectivity index (χ2v) is 4.53. The Balaban J connectivity index is 1.71. The minimum absolute atomic E-state index is 0.669. The quantitative estimate of drug-likeness (QED) is 0.847. The number of likely N-dealkylation sites (N-methyl/N-ethyl adjacent to an activating group) is 1. The van der Waals surface area contributed by atoms with E-state index in [-0.39, 0.29) is 0 Å². The minimum atomic E-state index is 0.669. The third-order valence-electron chi connectivity index (χ3n) is 2.89. The average molecular weight is 241 g/mol. The molecule has 0 unspecified atom stereocenters. The van der Waals surface area contributed by atoms with Crippen LogP contribution in [-0.4, -0.2) is 44.2 Å². The molecule has 0 bridgehead atoms. The molecule has 0 atom stereocenters. The molecule has 2 rings (SSSR count). The molecular weight excluding hydrogens is 224 g/mol. The summed E-state index contributed by atoms with van der Waals surface area (Å²) in [4.78, 5) is 2.32. The summed E-state index contributed by atoms with van der Waals surface area (Å²) in [6, 6.07) is 8.18. The van der Waals surface area contributed by atoms with Crippen molar-refractivity contribution in [3.8, 4) is 5.75 Å². The normalized spacial score (nSPS) is 16.2. The van der Waals surface area contributed by atoms with Gasteiger partial charge in [-0.15, -0.1) is 0 Å². The zero-order valence-electron chi connectivity index (χ0n) is 9.45. The van der Waals surface area contributed by atoms with E-state index in [1.165, 1.54) is 0 Å². The van der Waals surface area contributed by atoms with Crippen molar-refractivity contribution in [2.24, 2.45) is 0 Å². The first kappa shape index (κ1) is 11.7. The second kappa shape index (κ2) is 5.53. The van der Waals surface area contributed by atoms with Crippen LogP contribution in [0.2, 0.25) is 5.02 Å². The fourth-order valence-corrected chi connectivity index (χ4v) is 1.81. The highest BCUT2D eigenvalue weighted by molar-refractivity contribution is 6.30. The molecule has 1 saturated heterocycles. The summed E-state index contributed by atoms with van der Waals surface area (Å²) in [7, 11) is 2.13. The van der Waals surface area contributed by atoms with Crippen LogP contribution in [0.4, 0.5) is 0 Å². The summed E-state index contributed by atoms with van der Waals surface area (Å²) in [6.45, 7) is 3.83. The number of ether oxygens (including phenoxy) is 1. The Morgan fingerprint density at radius 3 is 2.94 bits per heavy atom. The van der Waals surface area contributed by atoms with Crippen LogP contribution in [-0.2, 0) is 0 Å². The van der Waals surface area contributed by atoms with Gasteiger partial charge in [-0.3, -0.25) is 4.90 Å². The van der Waals surface area contributed by atoms with Crippen LogP contribution in [0.15, 0.2) is 24.3 Å². The van der Waals surface area contributed by atoms with Gasteiger partial charge < -0.3 is 10.1 Å². The Labute approximate surface area is 101 Å². The smallest absolute Gasteiger partial charge is 0.120 e. The molecule has 0 spiro atoms. The van der Waals surface area contributed by atoms with E-state index in [0.29, 0.717) is 17.7 Å². The van der Waals surface area contributed by atoms with Gasteiger partial charge in [0.1, 0.15) is 12.4 Å². The van der Waals surface area contributed by atoms with E-state index in [1.807, 2.05) is 24.3 Å². The number of benzene rings is 1. The van der Waals surface area contributed by atoms with Crippen molar-refractivity contribution in [3.05, 3.63) is 29.3 Å². The van der Waals surface area contributed by atoms with E-state index in [4.69, 9.17) is 16.3 Å². The molecule has 1 aliphatic rings. The molecule has 0 aromatic heterocycles. The Kier molecular flexibility index (Phi) is 4.04. The number of nitrogens with zero attached hydrogens (tertiary/aromatic N) is 1. The van der Waals surface area contributed by atoms with Gasteiger partial charge in [-0.05, 0) is 25.2 Å². The highest BCUT2D eigenvalue weighted by Crippen LogP contribution is 2.16. The Morgan fingerprint density at radius 1 is 1.50 bits per heavy atom. The molecule has 0 amide bonds. The average Bonchev–Trinajstić information content (AvgIpc) is 2.15. The maximum atomic E-state index is 5.87. The van der Waals surface area contributed by atoms with Crippen LogP contribution in [0, 0.1) is 0 Å². The lowest BCUT2D eigenvalue weighted by atomic mass is 10.1. The van der Waals surface area contributed by atoms with Gasteiger partial charge >= 0.3 is 0 Å². The predicted molar refractivity (Wildman–Crippen MR) is 66.2 cm³/mol. The van der Waals surface area contributed by atoms with E-state index < -0.39 is 0 Å². The van der Waals surface area contributed by atoms with Crippen molar-refractivity contribution in [1.82, 2.24) is 10.2 Å². The molecule has 0 aliphatic carbocycles. The van der Waals surface area contributed by atoms with Crippen molar-refractivity contribution in [1.29, 1.82) is 0 Å². The third-order valence-corrected chi connectivity index (χ3v) is 3.13. The Bertz CT molecular complexity index is 342. The maximum absolute atomic E-state index is 5.87. The monoisotopic (exact) mass is 240 g/mol. The van der Waals surface area contributed by atoms with E-state index in [2.05, 4.69) is 17.3 Å². The summed E-state index contributed by atoms with van der Waals surface area (Å²) in [6.07, 6.45) is 0. The second-order valence-electron chi connectivity index (χ2n) is 4.10. The summed E-state index contributed by atoms with van der Waals surface area (Å²) in [5.74, 6) is 0.840. The molecule has 4 heteroatoms. The maximum Gasteiger partial charge on any atom is 0.120 e. The number of hydrogen-bond donors (Lipinski definition) is 1. The number of halogens is 1. The molecule has 1 fully saturated rings. The molecule has 88 valence electrons. The number of hydrogen-bond acceptors (Lipinski definition) is 3. The molecule has 3 nitrogen and oxygen atoms in total. The number of rotatable bonds is 5. The molecule has 1 aromatic carbocycles. The molecule has 1 N–H and O–H groups in total. The van der Waals surface area contributed by atoms with Gasteiger partial charge in [-0.2, -0.15) is 0 Å². The summed E-state index contributed by atoms with van der Waals surface area (Å²) >= 11 is 5.87. The number of nitrogens with one attached hydrogen (secondary N) is 1. The highest BCUT2D eigenvalue weighted by atomic mass is 35.5. The molecular formula is C12H17ClN2O. The molecule has 1 aromatic rings. The first-order valence-electron chi connectivity index (χ1n) is 5.55. The topological polar surface area (TPSA) is 24.5 Å². The van der Waals surface area contributed by atoms with E-state index in [0.717, 1.165) is 25.4 Å². The first-order valence-corrected chi connectivity index (χ1v) is 5.93. The van der Waals surface area contributed by atoms with Crippen molar-refractivity contribution in [2.75, 3.05) is 33.3 Å². The standard InChI is InChI=1S/C12H17ClN2O/c1-15(11-8-14-9-11)5-6-16-12-4-2-3-10(13)7-12/h2-4,7,11,14H,5-6,8-9H2,1H3. The van der Waals surface area contributed by atoms with Crippen LogP contribution in [0.3, 0.4) is 0 Å². The largest absolute Gasteiger partial charge is 0.492 e. The van der Waals surface area contributed by atoms with Crippen molar-refractivity contribution < 1.29 is 4.74 Å². The fourth-order valence-electron chi connectivity index (χ4n) is 1.63. The molecule has 1 heterocycles. The molecule has 1 aliphatic heterocycles. The Morgan fingerprint density at radius 2 is 2.31 bits per heavy atom. The zero-order valence-corrected chi connectivity index (χ0v) is 10.2. The van der Waals surface area contributed by atoms with Crippen LogP contribution in [0.1, 0.15) is 0 Å². The lowest BCUT2D eigenvalue weighted by molar-refractivity contribution is 0.151. The van der Waals surface area contributed by atoms with Gasteiger partial charge in [-0.1, -0.05) is 17.7 Å². The lowest BCUT2D eigenvalue weighted by Crippen LogP contribution is -2.56. The van der Waals surface area contributed by atoms with Crippen molar-refractivity contribution >= 4 is 11.6 Å².